The second kappa shape index (κ2) is 24.1. The molecule has 0 fully saturated rings. The summed E-state index contributed by atoms with van der Waals surface area (Å²) in [5.41, 5.74) is 0. The SMILES string of the molecule is CCCCCCCCCCCCCCC(C(=O)OC)C(CCCCCCCCC)OC(C)=O. The summed E-state index contributed by atoms with van der Waals surface area (Å²) in [6, 6.07) is 0. The van der Waals surface area contributed by atoms with E-state index >= 15 is 0 Å². The normalized spacial score (nSPS) is 13.0. The fourth-order valence-corrected chi connectivity index (χ4v) is 4.67. The van der Waals surface area contributed by atoms with E-state index in [2.05, 4.69) is 13.8 Å². The van der Waals surface area contributed by atoms with E-state index in [1.807, 2.05) is 0 Å². The molecule has 0 aromatic carbocycles. The average molecular weight is 469 g/mol. The third-order valence-corrected chi connectivity index (χ3v) is 6.73. The van der Waals surface area contributed by atoms with Gasteiger partial charge >= 0.3 is 11.9 Å². The first-order chi connectivity index (χ1) is 16.1. The van der Waals surface area contributed by atoms with Crippen molar-refractivity contribution in [3.63, 3.8) is 0 Å². The fourth-order valence-electron chi connectivity index (χ4n) is 4.67. The molecule has 0 saturated heterocycles. The highest BCUT2D eigenvalue weighted by atomic mass is 16.6. The highest BCUT2D eigenvalue weighted by molar-refractivity contribution is 5.74. The van der Waals surface area contributed by atoms with Crippen molar-refractivity contribution in [1.82, 2.24) is 0 Å². The molecule has 0 aliphatic rings. The molecule has 0 radical (unpaired) electrons. The molecular weight excluding hydrogens is 412 g/mol. The van der Waals surface area contributed by atoms with Crippen LogP contribution in [0.15, 0.2) is 0 Å². The summed E-state index contributed by atoms with van der Waals surface area (Å²) in [5, 5.41) is 0. The summed E-state index contributed by atoms with van der Waals surface area (Å²) in [6.07, 6.45) is 25.2. The van der Waals surface area contributed by atoms with Gasteiger partial charge in [0.2, 0.25) is 0 Å². The largest absolute Gasteiger partial charge is 0.469 e. The zero-order valence-electron chi connectivity index (χ0n) is 22.6. The molecule has 0 saturated carbocycles. The number of esters is 2. The molecule has 4 nitrogen and oxygen atoms in total. The molecule has 2 unspecified atom stereocenters. The molecule has 0 aromatic rings. The standard InChI is InChI=1S/C29H56O4/c1-5-7-9-11-13-14-15-16-17-19-20-22-24-27(29(31)32-4)28(33-26(3)30)25-23-21-18-12-10-8-6-2/h27-28H,5-25H2,1-4H3. The molecule has 4 heteroatoms. The van der Waals surface area contributed by atoms with Gasteiger partial charge in [0.25, 0.3) is 0 Å². The van der Waals surface area contributed by atoms with Gasteiger partial charge in [0.15, 0.2) is 0 Å². The number of ether oxygens (including phenoxy) is 2. The lowest BCUT2D eigenvalue weighted by Gasteiger charge is -2.25. The number of hydrogen-bond acceptors (Lipinski definition) is 4. The van der Waals surface area contributed by atoms with E-state index in [0.29, 0.717) is 0 Å². The van der Waals surface area contributed by atoms with Crippen molar-refractivity contribution in [2.45, 2.75) is 162 Å². The van der Waals surface area contributed by atoms with Crippen LogP contribution in [0.4, 0.5) is 0 Å². The van der Waals surface area contributed by atoms with Crippen LogP contribution in [0.1, 0.15) is 156 Å². The quantitative estimate of drug-likeness (QED) is 0.105. The van der Waals surface area contributed by atoms with Gasteiger partial charge in [0, 0.05) is 6.92 Å². The summed E-state index contributed by atoms with van der Waals surface area (Å²) in [6.45, 7) is 5.93. The molecule has 0 aromatic heterocycles. The maximum atomic E-state index is 12.5. The van der Waals surface area contributed by atoms with Crippen molar-refractivity contribution in [1.29, 1.82) is 0 Å². The van der Waals surface area contributed by atoms with Crippen LogP contribution in [0.5, 0.6) is 0 Å². The van der Waals surface area contributed by atoms with Gasteiger partial charge in [0.05, 0.1) is 13.0 Å². The first kappa shape index (κ1) is 31.9. The van der Waals surface area contributed by atoms with Crippen LogP contribution >= 0.6 is 0 Å². The Morgan fingerprint density at radius 3 is 1.30 bits per heavy atom. The van der Waals surface area contributed by atoms with Gasteiger partial charge < -0.3 is 9.47 Å². The molecule has 0 aliphatic carbocycles. The molecule has 0 heterocycles. The minimum Gasteiger partial charge on any atom is -0.469 e. The number of methoxy groups -OCH3 is 1. The first-order valence-corrected chi connectivity index (χ1v) is 14.3. The predicted molar refractivity (Wildman–Crippen MR) is 139 cm³/mol. The maximum absolute atomic E-state index is 12.5. The van der Waals surface area contributed by atoms with E-state index in [9.17, 15) is 9.59 Å². The zero-order valence-corrected chi connectivity index (χ0v) is 22.6. The van der Waals surface area contributed by atoms with E-state index in [1.165, 1.54) is 110 Å². The summed E-state index contributed by atoms with van der Waals surface area (Å²) in [4.78, 5) is 24.1. The summed E-state index contributed by atoms with van der Waals surface area (Å²) >= 11 is 0. The van der Waals surface area contributed by atoms with Gasteiger partial charge in [-0.2, -0.15) is 0 Å². The number of carbonyl (C=O) groups is 2. The van der Waals surface area contributed by atoms with Crippen LogP contribution in [-0.4, -0.2) is 25.2 Å². The lowest BCUT2D eigenvalue weighted by Crippen LogP contribution is -2.33. The second-order valence-corrected chi connectivity index (χ2v) is 9.87. The Morgan fingerprint density at radius 2 is 0.939 bits per heavy atom. The van der Waals surface area contributed by atoms with Crippen molar-refractivity contribution < 1.29 is 19.1 Å². The second-order valence-electron chi connectivity index (χ2n) is 9.87. The Hall–Kier alpha value is -1.06. The third-order valence-electron chi connectivity index (χ3n) is 6.73. The van der Waals surface area contributed by atoms with Gasteiger partial charge in [-0.1, -0.05) is 129 Å². The van der Waals surface area contributed by atoms with Crippen LogP contribution in [-0.2, 0) is 19.1 Å². The Kier molecular flexibility index (Phi) is 23.3. The van der Waals surface area contributed by atoms with Gasteiger partial charge in [-0.3, -0.25) is 9.59 Å². The van der Waals surface area contributed by atoms with E-state index in [0.717, 1.165) is 38.5 Å². The minimum atomic E-state index is -0.349. The summed E-state index contributed by atoms with van der Waals surface area (Å²) in [5.74, 6) is -0.860. The van der Waals surface area contributed by atoms with Gasteiger partial charge in [-0.15, -0.1) is 0 Å². The molecule has 2 atom stereocenters. The van der Waals surface area contributed by atoms with Crippen molar-refractivity contribution in [3.05, 3.63) is 0 Å². The van der Waals surface area contributed by atoms with Crippen molar-refractivity contribution in [2.24, 2.45) is 5.92 Å². The van der Waals surface area contributed by atoms with Gasteiger partial charge in [-0.05, 0) is 19.3 Å². The van der Waals surface area contributed by atoms with Gasteiger partial charge in [-0.25, -0.2) is 0 Å². The summed E-state index contributed by atoms with van der Waals surface area (Å²) in [7, 11) is 1.44. The van der Waals surface area contributed by atoms with E-state index in [4.69, 9.17) is 9.47 Å². The van der Waals surface area contributed by atoms with Crippen molar-refractivity contribution in [3.8, 4) is 0 Å². The molecule has 0 bridgehead atoms. The number of unbranched alkanes of at least 4 members (excludes halogenated alkanes) is 17. The first-order valence-electron chi connectivity index (χ1n) is 14.3. The predicted octanol–water partition coefficient (Wildman–Crippen LogP) is 8.94. The van der Waals surface area contributed by atoms with E-state index in [-0.39, 0.29) is 24.0 Å². The molecule has 0 spiro atoms. The van der Waals surface area contributed by atoms with E-state index in [1.54, 1.807) is 0 Å². The highest BCUT2D eigenvalue weighted by Crippen LogP contribution is 2.24. The average Bonchev–Trinajstić information content (AvgIpc) is 2.80. The van der Waals surface area contributed by atoms with Crippen LogP contribution in [0.25, 0.3) is 0 Å². The fraction of sp³-hybridized carbons (Fsp3) is 0.931. The topological polar surface area (TPSA) is 52.6 Å². The Labute approximate surface area is 206 Å². The monoisotopic (exact) mass is 468 g/mol. The number of hydrogen-bond donors (Lipinski definition) is 0. The molecule has 0 rings (SSSR count). The van der Waals surface area contributed by atoms with E-state index < -0.39 is 0 Å². The maximum Gasteiger partial charge on any atom is 0.312 e. The lowest BCUT2D eigenvalue weighted by atomic mass is 9.91. The smallest absolute Gasteiger partial charge is 0.312 e. The number of carbonyl (C=O) groups excluding carboxylic acids is 2. The molecular formula is C29H56O4. The third kappa shape index (κ3) is 20.1. The highest BCUT2D eigenvalue weighted by Gasteiger charge is 2.30. The van der Waals surface area contributed by atoms with Crippen LogP contribution < -0.4 is 0 Å². The van der Waals surface area contributed by atoms with Gasteiger partial charge in [0.1, 0.15) is 6.10 Å². The molecule has 0 aliphatic heterocycles. The molecule has 0 amide bonds. The van der Waals surface area contributed by atoms with Crippen LogP contribution in [0.2, 0.25) is 0 Å². The molecule has 196 valence electrons. The Morgan fingerprint density at radius 1 is 0.576 bits per heavy atom. The minimum absolute atomic E-state index is 0.229. The van der Waals surface area contributed by atoms with Crippen LogP contribution in [0, 0.1) is 5.92 Å². The zero-order chi connectivity index (χ0) is 24.6. The van der Waals surface area contributed by atoms with Crippen LogP contribution in [0.3, 0.4) is 0 Å². The Balaban J connectivity index is 4.19. The summed E-state index contributed by atoms with van der Waals surface area (Å²) < 4.78 is 10.7. The van der Waals surface area contributed by atoms with Crippen molar-refractivity contribution in [2.75, 3.05) is 7.11 Å². The molecule has 0 N–H and O–H groups in total. The molecule has 33 heavy (non-hydrogen) atoms. The number of rotatable bonds is 24. The van der Waals surface area contributed by atoms with Crippen molar-refractivity contribution >= 4 is 11.9 Å². The lowest BCUT2D eigenvalue weighted by molar-refractivity contribution is -0.160. The Bertz CT molecular complexity index is 449.